The van der Waals surface area contributed by atoms with Crippen molar-refractivity contribution in [2.45, 2.75) is 25.1 Å². The molecule has 2 aliphatic heterocycles. The zero-order valence-corrected chi connectivity index (χ0v) is 13.6. The zero-order chi connectivity index (χ0) is 16.2. The number of rotatable bonds is 4. The minimum Gasteiger partial charge on any atom is -0.392 e. The van der Waals surface area contributed by atoms with Gasteiger partial charge in [0.15, 0.2) is 0 Å². The molecule has 0 spiro atoms. The molecule has 6 heteroatoms. The fraction of sp³-hybridized carbons (Fsp3) is 0.588. The summed E-state index contributed by atoms with van der Waals surface area (Å²) in [5, 5.41) is 12.6. The Morgan fingerprint density at radius 3 is 2.65 bits per heavy atom. The molecule has 1 amide bonds. The number of likely N-dealkylation sites (N-methyl/N-ethyl adjacent to an activating group) is 1. The van der Waals surface area contributed by atoms with Crippen LogP contribution >= 0.6 is 0 Å². The van der Waals surface area contributed by atoms with Gasteiger partial charge in [0, 0.05) is 38.9 Å². The van der Waals surface area contributed by atoms with Crippen LogP contribution in [0.3, 0.4) is 0 Å². The number of amides is 1. The third-order valence-corrected chi connectivity index (χ3v) is 4.51. The van der Waals surface area contributed by atoms with Crippen molar-refractivity contribution in [2.24, 2.45) is 0 Å². The number of β-amino-alcohol motifs (C(OH)–C–C–N with tert-alkyl or cyclic N) is 1. The first-order chi connectivity index (χ1) is 11.1. The maximum absolute atomic E-state index is 12.3. The van der Waals surface area contributed by atoms with Gasteiger partial charge >= 0.3 is 0 Å². The highest BCUT2D eigenvalue weighted by Gasteiger charge is 2.29. The second kappa shape index (κ2) is 7.29. The molecular weight excluding hydrogens is 294 g/mol. The number of carbonyl (C=O) groups is 1. The van der Waals surface area contributed by atoms with Gasteiger partial charge in [-0.05, 0) is 24.1 Å². The molecule has 0 aliphatic carbocycles. The van der Waals surface area contributed by atoms with E-state index >= 15 is 0 Å². The number of carbonyl (C=O) groups excluding carboxylic acids is 1. The van der Waals surface area contributed by atoms with E-state index in [9.17, 15) is 9.90 Å². The van der Waals surface area contributed by atoms with Crippen LogP contribution in [0.5, 0.6) is 0 Å². The van der Waals surface area contributed by atoms with Crippen LogP contribution in [0, 0.1) is 0 Å². The number of hydrogen-bond donors (Lipinski definition) is 2. The average Bonchev–Trinajstić information content (AvgIpc) is 3.02. The van der Waals surface area contributed by atoms with Gasteiger partial charge in [0.2, 0.25) is 5.91 Å². The summed E-state index contributed by atoms with van der Waals surface area (Å²) in [6, 6.07) is 8.10. The van der Waals surface area contributed by atoms with E-state index in [1.807, 2.05) is 7.05 Å². The summed E-state index contributed by atoms with van der Waals surface area (Å²) in [5.41, 5.74) is 2.31. The molecule has 1 aromatic carbocycles. The Balaban J connectivity index is 1.56. The lowest BCUT2D eigenvalue weighted by molar-refractivity contribution is -0.132. The summed E-state index contributed by atoms with van der Waals surface area (Å²) in [7, 11) is 1.81. The molecule has 2 saturated heterocycles. The predicted octanol–water partition coefficient (Wildman–Crippen LogP) is 0.204. The van der Waals surface area contributed by atoms with Crippen molar-refractivity contribution < 1.29 is 14.6 Å². The van der Waals surface area contributed by atoms with Crippen LogP contribution in [0.2, 0.25) is 0 Å². The number of aliphatic hydroxyl groups excluding tert-OH is 1. The third-order valence-electron chi connectivity index (χ3n) is 4.51. The minimum absolute atomic E-state index is 0.0406. The first kappa shape index (κ1) is 16.2. The largest absolute Gasteiger partial charge is 0.392 e. The number of benzene rings is 1. The van der Waals surface area contributed by atoms with Crippen molar-refractivity contribution in [1.29, 1.82) is 0 Å². The van der Waals surface area contributed by atoms with Crippen LogP contribution < -0.4 is 10.2 Å². The Kier molecular flexibility index (Phi) is 5.15. The van der Waals surface area contributed by atoms with Gasteiger partial charge in [-0.25, -0.2) is 0 Å². The molecule has 0 aromatic heterocycles. The number of hydrogen-bond acceptors (Lipinski definition) is 5. The fourth-order valence-corrected chi connectivity index (χ4v) is 3.16. The summed E-state index contributed by atoms with van der Waals surface area (Å²) in [6.07, 6.45) is 0.0873. The van der Waals surface area contributed by atoms with Gasteiger partial charge in [-0.1, -0.05) is 12.1 Å². The molecule has 2 N–H and O–H groups in total. The predicted molar refractivity (Wildman–Crippen MR) is 88.4 cm³/mol. The monoisotopic (exact) mass is 319 g/mol. The minimum atomic E-state index is -0.412. The van der Waals surface area contributed by atoms with Crippen molar-refractivity contribution >= 4 is 11.6 Å². The van der Waals surface area contributed by atoms with Crippen LogP contribution in [0.4, 0.5) is 5.69 Å². The summed E-state index contributed by atoms with van der Waals surface area (Å²) in [5.74, 6) is 0.0406. The Labute approximate surface area is 137 Å². The zero-order valence-electron chi connectivity index (χ0n) is 13.6. The van der Waals surface area contributed by atoms with Gasteiger partial charge < -0.3 is 25.0 Å². The quantitative estimate of drug-likeness (QED) is 0.830. The molecule has 3 rings (SSSR count). The van der Waals surface area contributed by atoms with Gasteiger partial charge in [-0.2, -0.15) is 0 Å². The average molecular weight is 319 g/mol. The molecule has 0 bridgehead atoms. The second-order valence-electron chi connectivity index (χ2n) is 6.31. The van der Waals surface area contributed by atoms with E-state index in [4.69, 9.17) is 4.74 Å². The molecule has 2 atom stereocenters. The smallest absolute Gasteiger partial charge is 0.239 e. The molecule has 2 fully saturated rings. The lowest BCUT2D eigenvalue weighted by Gasteiger charge is -2.29. The normalized spacial score (nSPS) is 24.7. The van der Waals surface area contributed by atoms with Crippen LogP contribution in [0.15, 0.2) is 24.3 Å². The van der Waals surface area contributed by atoms with Gasteiger partial charge in [0.05, 0.1) is 25.4 Å². The van der Waals surface area contributed by atoms with Gasteiger partial charge in [-0.15, -0.1) is 0 Å². The SMILES string of the molecule is CN(Cc1ccc(N2CCOCC2)cc1)C(=O)C1CC(O)CN1. The highest BCUT2D eigenvalue weighted by molar-refractivity contribution is 5.82. The van der Waals surface area contributed by atoms with Gasteiger partial charge in [0.25, 0.3) is 0 Å². The van der Waals surface area contributed by atoms with Crippen molar-refractivity contribution in [3.8, 4) is 0 Å². The van der Waals surface area contributed by atoms with Gasteiger partial charge in [-0.3, -0.25) is 4.79 Å². The summed E-state index contributed by atoms with van der Waals surface area (Å²) in [6.45, 7) is 4.48. The Morgan fingerprint density at radius 2 is 2.04 bits per heavy atom. The number of nitrogens with zero attached hydrogens (tertiary/aromatic N) is 2. The molecule has 23 heavy (non-hydrogen) atoms. The van der Waals surface area contributed by atoms with E-state index in [1.165, 1.54) is 5.69 Å². The molecule has 0 radical (unpaired) electrons. The summed E-state index contributed by atoms with van der Waals surface area (Å²) >= 11 is 0. The highest BCUT2D eigenvalue weighted by atomic mass is 16.5. The van der Waals surface area contributed by atoms with Crippen LogP contribution in [0.25, 0.3) is 0 Å². The molecule has 0 saturated carbocycles. The maximum atomic E-state index is 12.3. The molecule has 126 valence electrons. The number of ether oxygens (including phenoxy) is 1. The van der Waals surface area contributed by atoms with Crippen molar-refractivity contribution in [1.82, 2.24) is 10.2 Å². The van der Waals surface area contributed by atoms with E-state index in [-0.39, 0.29) is 11.9 Å². The van der Waals surface area contributed by atoms with Gasteiger partial charge in [0.1, 0.15) is 0 Å². The van der Waals surface area contributed by atoms with E-state index in [0.29, 0.717) is 19.5 Å². The number of nitrogens with one attached hydrogen (secondary N) is 1. The van der Waals surface area contributed by atoms with Crippen molar-refractivity contribution in [3.05, 3.63) is 29.8 Å². The lowest BCUT2D eigenvalue weighted by Crippen LogP contribution is -2.41. The lowest BCUT2D eigenvalue weighted by atomic mass is 10.1. The standard InChI is InChI=1S/C17H25N3O3/c1-19(17(22)16-10-15(21)11-18-16)12-13-2-4-14(5-3-13)20-6-8-23-9-7-20/h2-5,15-16,18,21H,6-12H2,1H3. The molecular formula is C17H25N3O3. The number of anilines is 1. The Bertz CT molecular complexity index is 528. The van der Waals surface area contributed by atoms with E-state index in [2.05, 4.69) is 34.5 Å². The molecule has 2 aliphatic rings. The molecule has 6 nitrogen and oxygen atoms in total. The Morgan fingerprint density at radius 1 is 1.35 bits per heavy atom. The molecule has 1 aromatic rings. The van der Waals surface area contributed by atoms with E-state index < -0.39 is 6.10 Å². The van der Waals surface area contributed by atoms with E-state index in [1.54, 1.807) is 4.90 Å². The van der Waals surface area contributed by atoms with E-state index in [0.717, 1.165) is 31.9 Å². The van der Waals surface area contributed by atoms with Crippen LogP contribution in [-0.4, -0.2) is 68.0 Å². The highest BCUT2D eigenvalue weighted by Crippen LogP contribution is 2.18. The van der Waals surface area contributed by atoms with Crippen LogP contribution in [0.1, 0.15) is 12.0 Å². The number of morpholine rings is 1. The third kappa shape index (κ3) is 4.02. The topological polar surface area (TPSA) is 65.0 Å². The first-order valence-electron chi connectivity index (χ1n) is 8.21. The molecule has 2 heterocycles. The van der Waals surface area contributed by atoms with Crippen molar-refractivity contribution in [3.63, 3.8) is 0 Å². The molecule has 2 unspecified atom stereocenters. The second-order valence-corrected chi connectivity index (χ2v) is 6.31. The van der Waals surface area contributed by atoms with Crippen LogP contribution in [-0.2, 0) is 16.1 Å². The fourth-order valence-electron chi connectivity index (χ4n) is 3.16. The first-order valence-corrected chi connectivity index (χ1v) is 8.21. The maximum Gasteiger partial charge on any atom is 0.239 e. The summed E-state index contributed by atoms with van der Waals surface area (Å²) in [4.78, 5) is 16.4. The summed E-state index contributed by atoms with van der Waals surface area (Å²) < 4.78 is 5.37. The number of aliphatic hydroxyl groups is 1. The van der Waals surface area contributed by atoms with Crippen molar-refractivity contribution in [2.75, 3.05) is 44.8 Å². The Hall–Kier alpha value is -1.63.